The van der Waals surface area contributed by atoms with Gasteiger partial charge in [-0.05, 0) is 42.9 Å². The summed E-state index contributed by atoms with van der Waals surface area (Å²) >= 11 is 0. The molecule has 23 heavy (non-hydrogen) atoms. The highest BCUT2D eigenvalue weighted by Gasteiger charge is 2.07. The van der Waals surface area contributed by atoms with E-state index in [-0.39, 0.29) is 5.82 Å². The fraction of sp³-hybridized carbons (Fsp3) is 0.500. The molecule has 0 unspecified atom stereocenters. The van der Waals surface area contributed by atoms with Gasteiger partial charge in [0.15, 0.2) is 5.82 Å². The van der Waals surface area contributed by atoms with Crippen molar-refractivity contribution in [2.24, 2.45) is 0 Å². The van der Waals surface area contributed by atoms with E-state index in [1.807, 2.05) is 24.5 Å². The summed E-state index contributed by atoms with van der Waals surface area (Å²) in [7, 11) is 0. The Morgan fingerprint density at radius 3 is 2.13 bits per heavy atom. The fourth-order valence-electron chi connectivity index (χ4n) is 2.67. The number of aromatic nitrogens is 2. The average molecular weight is 314 g/mol. The van der Waals surface area contributed by atoms with Crippen molar-refractivity contribution in [1.82, 2.24) is 9.97 Å². The van der Waals surface area contributed by atoms with E-state index in [9.17, 15) is 4.39 Å². The molecule has 0 fully saturated rings. The Morgan fingerprint density at radius 2 is 1.52 bits per heavy atom. The molecule has 2 aromatic rings. The fourth-order valence-corrected chi connectivity index (χ4v) is 2.67. The molecule has 2 rings (SSSR count). The normalized spacial score (nSPS) is 10.9. The lowest BCUT2D eigenvalue weighted by Crippen LogP contribution is -1.96. The molecule has 1 aromatic heterocycles. The Morgan fingerprint density at radius 1 is 0.870 bits per heavy atom. The summed E-state index contributed by atoms with van der Waals surface area (Å²) in [6.45, 7) is 4.35. The first-order valence-corrected chi connectivity index (χ1v) is 8.84. The Labute approximate surface area is 139 Å². The van der Waals surface area contributed by atoms with E-state index < -0.39 is 0 Å². The summed E-state index contributed by atoms with van der Waals surface area (Å²) in [5, 5.41) is 0. The monoisotopic (exact) mass is 314 g/mol. The van der Waals surface area contributed by atoms with Gasteiger partial charge in [-0.1, -0.05) is 51.7 Å². The van der Waals surface area contributed by atoms with Crippen molar-refractivity contribution in [2.75, 3.05) is 0 Å². The molecule has 0 saturated carbocycles. The van der Waals surface area contributed by atoms with Crippen LogP contribution in [0, 0.1) is 5.82 Å². The Hall–Kier alpha value is -1.77. The van der Waals surface area contributed by atoms with Gasteiger partial charge in [-0.2, -0.15) is 0 Å². The van der Waals surface area contributed by atoms with Crippen LogP contribution in [0.3, 0.4) is 0 Å². The summed E-state index contributed by atoms with van der Waals surface area (Å²) in [4.78, 5) is 8.79. The van der Waals surface area contributed by atoms with Crippen LogP contribution in [-0.2, 0) is 12.8 Å². The average Bonchev–Trinajstić information content (AvgIpc) is 2.57. The van der Waals surface area contributed by atoms with Gasteiger partial charge in [0.25, 0.3) is 0 Å². The number of rotatable bonds is 9. The lowest BCUT2D eigenvalue weighted by Gasteiger charge is -2.06. The number of hydrogen-bond donors (Lipinski definition) is 0. The van der Waals surface area contributed by atoms with E-state index >= 15 is 0 Å². The van der Waals surface area contributed by atoms with E-state index in [1.165, 1.54) is 19.3 Å². The van der Waals surface area contributed by atoms with Crippen LogP contribution < -0.4 is 0 Å². The standard InChI is InChI=1S/C20H27FN2/c1-3-5-7-9-16-14-22-20(23-15-16)18-12-11-17(19(21)13-18)10-8-6-4-2/h11-15H,3-10H2,1-2H3. The number of halogens is 1. The molecule has 0 atom stereocenters. The van der Waals surface area contributed by atoms with Crippen LogP contribution in [0.25, 0.3) is 11.4 Å². The van der Waals surface area contributed by atoms with E-state index in [2.05, 4.69) is 23.8 Å². The second kappa shape index (κ2) is 9.39. The molecule has 0 bridgehead atoms. The summed E-state index contributed by atoms with van der Waals surface area (Å²) in [5.74, 6) is 0.456. The van der Waals surface area contributed by atoms with Crippen LogP contribution in [0.15, 0.2) is 30.6 Å². The second-order valence-corrected chi connectivity index (χ2v) is 6.14. The minimum Gasteiger partial charge on any atom is -0.236 e. The van der Waals surface area contributed by atoms with Gasteiger partial charge in [0.05, 0.1) is 0 Å². The molecule has 0 aliphatic heterocycles. The Balaban J connectivity index is 2.02. The summed E-state index contributed by atoms with van der Waals surface area (Å²) in [6, 6.07) is 5.36. The van der Waals surface area contributed by atoms with Gasteiger partial charge < -0.3 is 0 Å². The Kier molecular flexibility index (Phi) is 7.18. The Bertz CT molecular complexity index is 593. The van der Waals surface area contributed by atoms with Crippen molar-refractivity contribution in [2.45, 2.75) is 65.2 Å². The third kappa shape index (κ3) is 5.42. The van der Waals surface area contributed by atoms with Crippen molar-refractivity contribution in [3.63, 3.8) is 0 Å². The highest BCUT2D eigenvalue weighted by molar-refractivity contribution is 5.55. The maximum absolute atomic E-state index is 14.2. The highest BCUT2D eigenvalue weighted by atomic mass is 19.1. The number of hydrogen-bond acceptors (Lipinski definition) is 2. The van der Waals surface area contributed by atoms with Crippen molar-refractivity contribution in [3.05, 3.63) is 47.5 Å². The zero-order valence-electron chi connectivity index (χ0n) is 14.3. The summed E-state index contributed by atoms with van der Waals surface area (Å²) in [5.41, 5.74) is 2.69. The lowest BCUT2D eigenvalue weighted by atomic mass is 10.0. The molecular formula is C20H27FN2. The number of benzene rings is 1. The van der Waals surface area contributed by atoms with Crippen LogP contribution in [0.1, 0.15) is 63.5 Å². The number of nitrogens with zero attached hydrogens (tertiary/aromatic N) is 2. The van der Waals surface area contributed by atoms with Crippen LogP contribution in [0.4, 0.5) is 4.39 Å². The van der Waals surface area contributed by atoms with E-state index in [0.29, 0.717) is 5.82 Å². The molecule has 0 amide bonds. The third-order valence-corrected chi connectivity index (χ3v) is 4.14. The minimum absolute atomic E-state index is 0.144. The molecule has 0 aliphatic rings. The first-order chi connectivity index (χ1) is 11.2. The van der Waals surface area contributed by atoms with Crippen LogP contribution in [-0.4, -0.2) is 9.97 Å². The SMILES string of the molecule is CCCCCc1cnc(-c2ccc(CCCCC)c(F)c2)nc1. The molecule has 0 spiro atoms. The van der Waals surface area contributed by atoms with E-state index in [4.69, 9.17) is 0 Å². The molecule has 3 heteroatoms. The van der Waals surface area contributed by atoms with Crippen molar-refractivity contribution in [1.29, 1.82) is 0 Å². The molecule has 0 saturated heterocycles. The molecular weight excluding hydrogens is 287 g/mol. The van der Waals surface area contributed by atoms with Gasteiger partial charge >= 0.3 is 0 Å². The molecule has 1 aromatic carbocycles. The quantitative estimate of drug-likeness (QED) is 0.551. The molecule has 0 aliphatic carbocycles. The van der Waals surface area contributed by atoms with Crippen molar-refractivity contribution in [3.8, 4) is 11.4 Å². The number of unbranched alkanes of at least 4 members (excludes halogenated alkanes) is 4. The topological polar surface area (TPSA) is 25.8 Å². The predicted molar refractivity (Wildman–Crippen MR) is 93.9 cm³/mol. The summed E-state index contributed by atoms with van der Waals surface area (Å²) < 4.78 is 14.2. The van der Waals surface area contributed by atoms with Crippen LogP contribution in [0.2, 0.25) is 0 Å². The third-order valence-electron chi connectivity index (χ3n) is 4.14. The molecule has 0 radical (unpaired) electrons. The predicted octanol–water partition coefficient (Wildman–Crippen LogP) is 5.75. The maximum atomic E-state index is 14.2. The van der Waals surface area contributed by atoms with Gasteiger partial charge in [0.2, 0.25) is 0 Å². The largest absolute Gasteiger partial charge is 0.236 e. The molecule has 1 heterocycles. The first kappa shape index (κ1) is 17.6. The van der Waals surface area contributed by atoms with E-state index in [1.54, 1.807) is 6.07 Å². The van der Waals surface area contributed by atoms with Crippen LogP contribution >= 0.6 is 0 Å². The lowest BCUT2D eigenvalue weighted by molar-refractivity contribution is 0.599. The van der Waals surface area contributed by atoms with Gasteiger partial charge in [0.1, 0.15) is 5.82 Å². The van der Waals surface area contributed by atoms with Crippen LogP contribution in [0.5, 0.6) is 0 Å². The molecule has 0 N–H and O–H groups in total. The van der Waals surface area contributed by atoms with Gasteiger partial charge in [-0.3, -0.25) is 0 Å². The van der Waals surface area contributed by atoms with Crippen molar-refractivity contribution >= 4 is 0 Å². The maximum Gasteiger partial charge on any atom is 0.159 e. The second-order valence-electron chi connectivity index (χ2n) is 6.14. The minimum atomic E-state index is -0.144. The highest BCUT2D eigenvalue weighted by Crippen LogP contribution is 2.20. The number of aryl methyl sites for hydroxylation is 2. The zero-order chi connectivity index (χ0) is 16.5. The van der Waals surface area contributed by atoms with Gasteiger partial charge in [-0.25, -0.2) is 14.4 Å². The molecule has 2 nitrogen and oxygen atoms in total. The first-order valence-electron chi connectivity index (χ1n) is 8.84. The van der Waals surface area contributed by atoms with Gasteiger partial charge in [-0.15, -0.1) is 0 Å². The van der Waals surface area contributed by atoms with Crippen molar-refractivity contribution < 1.29 is 4.39 Å². The summed E-state index contributed by atoms with van der Waals surface area (Å²) in [6.07, 6.45) is 12.5. The van der Waals surface area contributed by atoms with Gasteiger partial charge in [0, 0.05) is 18.0 Å². The smallest absolute Gasteiger partial charge is 0.159 e. The van der Waals surface area contributed by atoms with E-state index in [0.717, 1.165) is 48.8 Å². The zero-order valence-corrected chi connectivity index (χ0v) is 14.3. The molecule has 124 valence electrons.